The molecule has 0 spiro atoms. The summed E-state index contributed by atoms with van der Waals surface area (Å²) < 4.78 is 18.5. The van der Waals surface area contributed by atoms with Crippen molar-refractivity contribution in [1.29, 1.82) is 5.26 Å². The van der Waals surface area contributed by atoms with Gasteiger partial charge in [-0.15, -0.1) is 0 Å². The lowest BCUT2D eigenvalue weighted by molar-refractivity contribution is 0.0446. The lowest BCUT2D eigenvalue weighted by atomic mass is 9.92. The van der Waals surface area contributed by atoms with E-state index < -0.39 is 5.82 Å². The second-order valence-corrected chi connectivity index (χ2v) is 4.95. The van der Waals surface area contributed by atoms with Crippen LogP contribution in [0.4, 0.5) is 4.39 Å². The molecule has 1 N–H and O–H groups in total. The monoisotopic (exact) mass is 248 g/mol. The van der Waals surface area contributed by atoms with E-state index in [1.165, 1.54) is 6.07 Å². The molecule has 1 saturated heterocycles. The van der Waals surface area contributed by atoms with Gasteiger partial charge in [0.05, 0.1) is 5.56 Å². The normalized spacial score (nSPS) is 18.3. The highest BCUT2D eigenvalue weighted by molar-refractivity contribution is 5.34. The number of nitrogens with zero attached hydrogens (tertiary/aromatic N) is 1. The van der Waals surface area contributed by atoms with E-state index in [2.05, 4.69) is 12.2 Å². The third kappa shape index (κ3) is 3.06. The summed E-state index contributed by atoms with van der Waals surface area (Å²) in [6.07, 6.45) is 1.94. The van der Waals surface area contributed by atoms with Gasteiger partial charge in [-0.05, 0) is 37.5 Å². The molecule has 18 heavy (non-hydrogen) atoms. The van der Waals surface area contributed by atoms with Gasteiger partial charge in [-0.3, -0.25) is 0 Å². The topological polar surface area (TPSA) is 45.0 Å². The van der Waals surface area contributed by atoms with Crippen LogP contribution in [0.25, 0.3) is 0 Å². The van der Waals surface area contributed by atoms with Crippen LogP contribution in [0.2, 0.25) is 0 Å². The molecular weight excluding hydrogens is 231 g/mol. The number of hydrogen-bond acceptors (Lipinski definition) is 3. The highest BCUT2D eigenvalue weighted by Crippen LogP contribution is 2.20. The zero-order chi connectivity index (χ0) is 13.0. The Balaban J connectivity index is 2.00. The Kier molecular flexibility index (Phi) is 3.95. The SMILES string of the molecule is CC1(NCc2ccc(F)c(C#N)c2)CCOCC1. The molecule has 2 rings (SSSR count). The second kappa shape index (κ2) is 5.47. The van der Waals surface area contributed by atoms with Crippen LogP contribution in [0.3, 0.4) is 0 Å². The first-order chi connectivity index (χ1) is 8.63. The fourth-order valence-electron chi connectivity index (χ4n) is 2.08. The first kappa shape index (κ1) is 13.0. The van der Waals surface area contributed by atoms with Crippen molar-refractivity contribution in [3.8, 4) is 6.07 Å². The summed E-state index contributed by atoms with van der Waals surface area (Å²) in [6.45, 7) is 4.36. The minimum Gasteiger partial charge on any atom is -0.381 e. The number of benzene rings is 1. The molecule has 1 aliphatic heterocycles. The largest absolute Gasteiger partial charge is 0.381 e. The Labute approximate surface area is 107 Å². The Hall–Kier alpha value is -1.44. The summed E-state index contributed by atoms with van der Waals surface area (Å²) >= 11 is 0. The molecule has 0 aromatic heterocycles. The minimum absolute atomic E-state index is 0.0689. The predicted octanol–water partition coefficient (Wildman–Crippen LogP) is 2.36. The van der Waals surface area contributed by atoms with Gasteiger partial charge in [0, 0.05) is 25.3 Å². The lowest BCUT2D eigenvalue weighted by Crippen LogP contribution is -2.46. The summed E-state index contributed by atoms with van der Waals surface area (Å²) in [4.78, 5) is 0. The second-order valence-electron chi connectivity index (χ2n) is 4.95. The Morgan fingerprint density at radius 1 is 1.44 bits per heavy atom. The maximum Gasteiger partial charge on any atom is 0.140 e. The van der Waals surface area contributed by atoms with Crippen molar-refractivity contribution in [2.24, 2.45) is 0 Å². The fourth-order valence-corrected chi connectivity index (χ4v) is 2.08. The highest BCUT2D eigenvalue weighted by Gasteiger charge is 2.26. The van der Waals surface area contributed by atoms with E-state index in [9.17, 15) is 4.39 Å². The highest BCUT2D eigenvalue weighted by atomic mass is 19.1. The maximum atomic E-state index is 13.2. The van der Waals surface area contributed by atoms with Crippen LogP contribution in [-0.2, 0) is 11.3 Å². The van der Waals surface area contributed by atoms with E-state index in [1.807, 2.05) is 6.07 Å². The molecule has 1 fully saturated rings. The van der Waals surface area contributed by atoms with Crippen LogP contribution in [-0.4, -0.2) is 18.8 Å². The Morgan fingerprint density at radius 2 is 2.17 bits per heavy atom. The molecule has 0 radical (unpaired) electrons. The average molecular weight is 248 g/mol. The van der Waals surface area contributed by atoms with Gasteiger partial charge in [-0.2, -0.15) is 5.26 Å². The predicted molar refractivity (Wildman–Crippen MR) is 66.4 cm³/mol. The molecule has 3 nitrogen and oxygen atoms in total. The first-order valence-corrected chi connectivity index (χ1v) is 6.14. The van der Waals surface area contributed by atoms with E-state index in [1.54, 1.807) is 12.1 Å². The van der Waals surface area contributed by atoms with Crippen LogP contribution in [0.1, 0.15) is 30.9 Å². The van der Waals surface area contributed by atoms with Crippen LogP contribution in [0, 0.1) is 17.1 Å². The lowest BCUT2D eigenvalue weighted by Gasteiger charge is -2.34. The summed E-state index contributed by atoms with van der Waals surface area (Å²) in [5.41, 5.74) is 1.10. The quantitative estimate of drug-likeness (QED) is 0.893. The van der Waals surface area contributed by atoms with Crippen LogP contribution < -0.4 is 5.32 Å². The van der Waals surface area contributed by atoms with Gasteiger partial charge in [-0.1, -0.05) is 6.07 Å². The number of hydrogen-bond donors (Lipinski definition) is 1. The fraction of sp³-hybridized carbons (Fsp3) is 0.500. The first-order valence-electron chi connectivity index (χ1n) is 6.14. The smallest absolute Gasteiger partial charge is 0.140 e. The van der Waals surface area contributed by atoms with Crippen molar-refractivity contribution in [3.63, 3.8) is 0 Å². The molecule has 0 saturated carbocycles. The van der Waals surface area contributed by atoms with Crippen LogP contribution in [0.15, 0.2) is 18.2 Å². The van der Waals surface area contributed by atoms with Gasteiger partial charge < -0.3 is 10.1 Å². The molecule has 0 amide bonds. The van der Waals surface area contributed by atoms with Gasteiger partial charge in [-0.25, -0.2) is 4.39 Å². The third-order valence-corrected chi connectivity index (χ3v) is 3.47. The molecule has 0 atom stereocenters. The molecule has 4 heteroatoms. The molecule has 0 unspecified atom stereocenters. The van der Waals surface area contributed by atoms with E-state index in [0.717, 1.165) is 31.6 Å². The van der Waals surface area contributed by atoms with Crippen molar-refractivity contribution >= 4 is 0 Å². The van der Waals surface area contributed by atoms with Crippen LogP contribution in [0.5, 0.6) is 0 Å². The molecule has 1 heterocycles. The molecule has 0 bridgehead atoms. The molecule has 1 aromatic carbocycles. The van der Waals surface area contributed by atoms with E-state index >= 15 is 0 Å². The van der Waals surface area contributed by atoms with Gasteiger partial charge in [0.2, 0.25) is 0 Å². The van der Waals surface area contributed by atoms with E-state index in [-0.39, 0.29) is 11.1 Å². The third-order valence-electron chi connectivity index (χ3n) is 3.47. The van der Waals surface area contributed by atoms with Crippen molar-refractivity contribution in [2.45, 2.75) is 31.8 Å². The standard InChI is InChI=1S/C14H17FN2O/c1-14(4-6-18-7-5-14)17-10-11-2-3-13(15)12(8-11)9-16/h2-3,8,17H,4-7,10H2,1H3. The van der Waals surface area contributed by atoms with Crippen LogP contribution >= 0.6 is 0 Å². The number of rotatable bonds is 3. The molecule has 1 aliphatic rings. The molecular formula is C14H17FN2O. The zero-order valence-electron chi connectivity index (χ0n) is 10.5. The van der Waals surface area contributed by atoms with Crippen molar-refractivity contribution < 1.29 is 9.13 Å². The average Bonchev–Trinajstić information content (AvgIpc) is 2.39. The Bertz CT molecular complexity index is 461. The summed E-state index contributed by atoms with van der Waals surface area (Å²) in [5.74, 6) is -0.460. The summed E-state index contributed by atoms with van der Waals surface area (Å²) in [7, 11) is 0. The summed E-state index contributed by atoms with van der Waals surface area (Å²) in [6, 6.07) is 6.53. The Morgan fingerprint density at radius 3 is 2.83 bits per heavy atom. The van der Waals surface area contributed by atoms with Gasteiger partial charge in [0.25, 0.3) is 0 Å². The van der Waals surface area contributed by atoms with E-state index in [0.29, 0.717) is 6.54 Å². The molecule has 1 aromatic rings. The summed E-state index contributed by atoms with van der Waals surface area (Å²) in [5, 5.41) is 12.3. The minimum atomic E-state index is -0.460. The van der Waals surface area contributed by atoms with Gasteiger partial charge in [0.1, 0.15) is 11.9 Å². The number of nitriles is 1. The number of halogens is 1. The van der Waals surface area contributed by atoms with E-state index in [4.69, 9.17) is 10.00 Å². The molecule has 0 aliphatic carbocycles. The zero-order valence-corrected chi connectivity index (χ0v) is 10.5. The van der Waals surface area contributed by atoms with Gasteiger partial charge >= 0.3 is 0 Å². The van der Waals surface area contributed by atoms with Crippen molar-refractivity contribution in [1.82, 2.24) is 5.32 Å². The van der Waals surface area contributed by atoms with Gasteiger partial charge in [0.15, 0.2) is 0 Å². The molecule has 96 valence electrons. The maximum absolute atomic E-state index is 13.2. The number of ether oxygens (including phenoxy) is 1. The van der Waals surface area contributed by atoms with Crippen molar-refractivity contribution in [2.75, 3.05) is 13.2 Å². The van der Waals surface area contributed by atoms with Crippen molar-refractivity contribution in [3.05, 3.63) is 35.1 Å². The number of nitrogens with one attached hydrogen (secondary N) is 1.